The van der Waals surface area contributed by atoms with Gasteiger partial charge in [-0.2, -0.15) is 0 Å². The van der Waals surface area contributed by atoms with Crippen molar-refractivity contribution in [3.63, 3.8) is 0 Å². The number of pyridine rings is 1. The van der Waals surface area contributed by atoms with E-state index in [2.05, 4.69) is 10.3 Å². The van der Waals surface area contributed by atoms with Crippen molar-refractivity contribution in [3.05, 3.63) is 57.0 Å². The van der Waals surface area contributed by atoms with Crippen LogP contribution in [-0.4, -0.2) is 23.8 Å². The van der Waals surface area contributed by atoms with Gasteiger partial charge in [-0.05, 0) is 36.8 Å². The maximum absolute atomic E-state index is 12.3. The van der Waals surface area contributed by atoms with Crippen LogP contribution in [0.1, 0.15) is 5.56 Å². The van der Waals surface area contributed by atoms with Gasteiger partial charge in [-0.15, -0.1) is 0 Å². The molecule has 0 saturated carbocycles. The molecule has 0 aliphatic rings. The van der Waals surface area contributed by atoms with Crippen molar-refractivity contribution in [2.45, 2.75) is 11.9 Å². The second kappa shape index (κ2) is 8.57. The highest BCUT2D eigenvalue weighted by molar-refractivity contribution is 7.99. The fourth-order valence-electron chi connectivity index (χ4n) is 2.58. The number of ether oxygens (including phenoxy) is 1. The van der Waals surface area contributed by atoms with E-state index in [0.717, 1.165) is 21.5 Å². The number of hydrogen-bond donors (Lipinski definition) is 1. The summed E-state index contributed by atoms with van der Waals surface area (Å²) in [6, 6.07) is 10.8. The number of hydrogen-bond acceptors (Lipinski definition) is 4. The molecule has 1 N–H and O–H groups in total. The smallest absolute Gasteiger partial charge is 0.234 e. The van der Waals surface area contributed by atoms with Gasteiger partial charge in [0, 0.05) is 10.4 Å². The topological polar surface area (TPSA) is 51.2 Å². The van der Waals surface area contributed by atoms with Crippen LogP contribution in [0, 0.1) is 6.92 Å². The number of amides is 1. The molecule has 1 heterocycles. The van der Waals surface area contributed by atoms with Crippen LogP contribution < -0.4 is 10.1 Å². The lowest BCUT2D eigenvalue weighted by Gasteiger charge is -2.11. The molecule has 1 aromatic heterocycles. The van der Waals surface area contributed by atoms with Crippen LogP contribution in [0.3, 0.4) is 0 Å². The quantitative estimate of drug-likeness (QED) is 0.476. The first-order valence-electron chi connectivity index (χ1n) is 7.90. The number of aryl methyl sites for hydroxylation is 1. The Hall–Kier alpha value is -1.66. The molecule has 8 heteroatoms. The number of rotatable bonds is 5. The molecule has 0 saturated heterocycles. The predicted octanol–water partition coefficient (Wildman–Crippen LogP) is 6.24. The van der Waals surface area contributed by atoms with E-state index in [9.17, 15) is 4.79 Å². The van der Waals surface area contributed by atoms with Crippen molar-refractivity contribution < 1.29 is 9.53 Å². The number of nitrogens with zero attached hydrogens (tertiary/aromatic N) is 1. The van der Waals surface area contributed by atoms with E-state index in [0.29, 0.717) is 16.5 Å². The van der Waals surface area contributed by atoms with Gasteiger partial charge in [-0.3, -0.25) is 4.79 Å². The first kappa shape index (κ1) is 20.1. The van der Waals surface area contributed by atoms with Gasteiger partial charge in [0.25, 0.3) is 0 Å². The number of carbonyl (C=O) groups excluding carboxylic acids is 1. The standard InChI is InChI=1S/C19H15Cl3N2O2S/c1-10-6-17(24-18-12(10)4-3-5-15(18)26-2)27-9-16(25)23-19-13(21)7-11(20)8-14(19)22/h3-8H,9H2,1-2H3,(H,23,25). The van der Waals surface area contributed by atoms with Crippen molar-refractivity contribution >= 4 is 69.1 Å². The molecule has 0 atom stereocenters. The number of fused-ring (bicyclic) bond motifs is 1. The van der Waals surface area contributed by atoms with Crippen LogP contribution in [0.25, 0.3) is 10.9 Å². The number of carbonyl (C=O) groups is 1. The SMILES string of the molecule is COc1cccc2c(C)cc(SCC(=O)Nc3c(Cl)cc(Cl)cc3Cl)nc12. The maximum atomic E-state index is 12.3. The first-order chi connectivity index (χ1) is 12.9. The number of methoxy groups -OCH3 is 1. The van der Waals surface area contributed by atoms with E-state index in [1.54, 1.807) is 7.11 Å². The van der Waals surface area contributed by atoms with Gasteiger partial charge >= 0.3 is 0 Å². The Balaban J connectivity index is 1.76. The molecule has 0 radical (unpaired) electrons. The molecule has 0 bridgehead atoms. The molecule has 140 valence electrons. The van der Waals surface area contributed by atoms with Crippen molar-refractivity contribution in [2.75, 3.05) is 18.2 Å². The molecule has 27 heavy (non-hydrogen) atoms. The summed E-state index contributed by atoms with van der Waals surface area (Å²) in [5.41, 5.74) is 2.18. The molecular formula is C19H15Cl3N2O2S. The largest absolute Gasteiger partial charge is 0.494 e. The zero-order chi connectivity index (χ0) is 19.6. The zero-order valence-electron chi connectivity index (χ0n) is 14.5. The van der Waals surface area contributed by atoms with E-state index in [4.69, 9.17) is 39.5 Å². The van der Waals surface area contributed by atoms with Gasteiger partial charge < -0.3 is 10.1 Å². The molecule has 0 fully saturated rings. The third kappa shape index (κ3) is 4.61. The maximum Gasteiger partial charge on any atom is 0.234 e. The Morgan fingerprint density at radius 3 is 2.56 bits per heavy atom. The summed E-state index contributed by atoms with van der Waals surface area (Å²) < 4.78 is 5.39. The van der Waals surface area contributed by atoms with Crippen molar-refractivity contribution in [2.24, 2.45) is 0 Å². The molecule has 0 unspecified atom stereocenters. The van der Waals surface area contributed by atoms with Gasteiger partial charge in [-0.25, -0.2) is 4.98 Å². The van der Waals surface area contributed by atoms with Gasteiger partial charge in [-0.1, -0.05) is 58.7 Å². The zero-order valence-corrected chi connectivity index (χ0v) is 17.6. The molecule has 0 aliphatic heterocycles. The minimum absolute atomic E-state index is 0.155. The Morgan fingerprint density at radius 2 is 1.89 bits per heavy atom. The number of aromatic nitrogens is 1. The molecule has 0 aliphatic carbocycles. The van der Waals surface area contributed by atoms with Gasteiger partial charge in [0.05, 0.1) is 33.6 Å². The molecular weight excluding hydrogens is 427 g/mol. The molecule has 2 aromatic carbocycles. The highest BCUT2D eigenvalue weighted by atomic mass is 35.5. The van der Waals surface area contributed by atoms with Crippen LogP contribution in [0.15, 0.2) is 41.4 Å². The van der Waals surface area contributed by atoms with Crippen LogP contribution in [-0.2, 0) is 4.79 Å². The van der Waals surface area contributed by atoms with Crippen molar-refractivity contribution in [1.82, 2.24) is 4.98 Å². The normalized spacial score (nSPS) is 10.9. The third-order valence-corrected chi connectivity index (χ3v) is 5.55. The summed E-state index contributed by atoms with van der Waals surface area (Å²) in [4.78, 5) is 16.9. The van der Waals surface area contributed by atoms with Gasteiger partial charge in [0.15, 0.2) is 0 Å². The van der Waals surface area contributed by atoms with Crippen molar-refractivity contribution in [3.8, 4) is 5.75 Å². The number of para-hydroxylation sites is 1. The minimum atomic E-state index is -0.245. The lowest BCUT2D eigenvalue weighted by molar-refractivity contribution is -0.113. The van der Waals surface area contributed by atoms with E-state index in [1.165, 1.54) is 23.9 Å². The van der Waals surface area contributed by atoms with Crippen molar-refractivity contribution in [1.29, 1.82) is 0 Å². The van der Waals surface area contributed by atoms with Crippen LogP contribution >= 0.6 is 46.6 Å². The molecule has 4 nitrogen and oxygen atoms in total. The van der Waals surface area contributed by atoms with E-state index >= 15 is 0 Å². The Kier molecular flexibility index (Phi) is 6.37. The number of halogens is 3. The summed E-state index contributed by atoms with van der Waals surface area (Å²) in [5, 5.41) is 5.44. The number of thioether (sulfide) groups is 1. The molecule has 0 spiro atoms. The Bertz CT molecular complexity index is 1000. The van der Waals surface area contributed by atoms with E-state index in [-0.39, 0.29) is 21.7 Å². The lowest BCUT2D eigenvalue weighted by Crippen LogP contribution is -2.14. The predicted molar refractivity (Wildman–Crippen MR) is 114 cm³/mol. The molecule has 1 amide bonds. The number of benzene rings is 2. The lowest BCUT2D eigenvalue weighted by atomic mass is 10.1. The fourth-order valence-corrected chi connectivity index (χ4v) is 4.26. The molecule has 3 aromatic rings. The highest BCUT2D eigenvalue weighted by Crippen LogP contribution is 2.34. The summed E-state index contributed by atoms with van der Waals surface area (Å²) in [6.45, 7) is 2.00. The monoisotopic (exact) mass is 440 g/mol. The Labute approximate surface area is 176 Å². The van der Waals surface area contributed by atoms with E-state index in [1.807, 2.05) is 31.2 Å². The summed E-state index contributed by atoms with van der Waals surface area (Å²) in [7, 11) is 1.61. The third-order valence-electron chi connectivity index (χ3n) is 3.83. The number of anilines is 1. The summed E-state index contributed by atoms with van der Waals surface area (Å²) in [6.07, 6.45) is 0. The fraction of sp³-hybridized carbons (Fsp3) is 0.158. The number of nitrogens with one attached hydrogen (secondary N) is 1. The summed E-state index contributed by atoms with van der Waals surface area (Å²) >= 11 is 19.4. The second-order valence-corrected chi connectivity index (χ2v) is 7.96. The van der Waals surface area contributed by atoms with E-state index < -0.39 is 0 Å². The minimum Gasteiger partial charge on any atom is -0.494 e. The second-order valence-electron chi connectivity index (χ2n) is 5.72. The summed E-state index contributed by atoms with van der Waals surface area (Å²) in [5.74, 6) is 0.607. The van der Waals surface area contributed by atoms with Gasteiger partial charge in [0.2, 0.25) is 5.91 Å². The average molecular weight is 442 g/mol. The van der Waals surface area contributed by atoms with Crippen LogP contribution in [0.4, 0.5) is 5.69 Å². The first-order valence-corrected chi connectivity index (χ1v) is 10.0. The Morgan fingerprint density at radius 1 is 1.19 bits per heavy atom. The molecule has 3 rings (SSSR count). The van der Waals surface area contributed by atoms with Gasteiger partial charge in [0.1, 0.15) is 11.3 Å². The van der Waals surface area contributed by atoms with Crippen LogP contribution in [0.2, 0.25) is 15.1 Å². The van der Waals surface area contributed by atoms with Crippen LogP contribution in [0.5, 0.6) is 5.75 Å². The average Bonchev–Trinajstić information content (AvgIpc) is 2.62. The highest BCUT2D eigenvalue weighted by Gasteiger charge is 2.13.